The number of benzene rings is 2. The highest BCUT2D eigenvalue weighted by Gasteiger charge is 2.34. The third kappa shape index (κ3) is 6.92. The van der Waals surface area contributed by atoms with Crippen molar-refractivity contribution in [2.75, 3.05) is 26.2 Å². The van der Waals surface area contributed by atoms with Crippen LogP contribution in [0.2, 0.25) is 0 Å². The van der Waals surface area contributed by atoms with Crippen molar-refractivity contribution >= 4 is 18.1 Å². The van der Waals surface area contributed by atoms with Crippen LogP contribution in [0.4, 0.5) is 10.5 Å². The Kier molecular flexibility index (Phi) is 9.26. The van der Waals surface area contributed by atoms with Crippen LogP contribution in [0.1, 0.15) is 36.4 Å². The van der Waals surface area contributed by atoms with Crippen molar-refractivity contribution in [2.45, 2.75) is 50.0 Å². The third-order valence-corrected chi connectivity index (χ3v) is 8.12. The number of hydrogen-bond donors (Lipinski definition) is 0. The fourth-order valence-electron chi connectivity index (χ4n) is 5.89. The minimum absolute atomic E-state index is 0.0101. The lowest BCUT2D eigenvalue weighted by atomic mass is 9.96. The Hall–Kier alpha value is -4.24. The molecule has 3 unspecified atom stereocenters. The molecular weight excluding hydrogens is 518 g/mol. The summed E-state index contributed by atoms with van der Waals surface area (Å²) >= 11 is 0. The SMILES string of the molecule is C=CCN(C(=O)OCc1ccc([N+](=O)[O-])cc1)C1CCN(CCC(c2ccccc2)N2C=NC3C=CC=CC32)CC1. The van der Waals surface area contributed by atoms with Crippen molar-refractivity contribution in [1.82, 2.24) is 14.7 Å². The second-order valence-corrected chi connectivity index (χ2v) is 10.7. The Labute approximate surface area is 241 Å². The predicted molar refractivity (Wildman–Crippen MR) is 160 cm³/mol. The van der Waals surface area contributed by atoms with Crippen molar-refractivity contribution in [2.24, 2.45) is 4.99 Å². The first-order valence-corrected chi connectivity index (χ1v) is 14.2. The van der Waals surface area contributed by atoms with Crippen LogP contribution in [0, 0.1) is 10.1 Å². The number of carbonyl (C=O) groups excluding carboxylic acids is 1. The third-order valence-electron chi connectivity index (χ3n) is 8.12. The summed E-state index contributed by atoms with van der Waals surface area (Å²) in [6.07, 6.45) is 14.7. The molecule has 1 amide bonds. The number of likely N-dealkylation sites (tertiary alicyclic amines) is 1. The van der Waals surface area contributed by atoms with E-state index >= 15 is 0 Å². The summed E-state index contributed by atoms with van der Waals surface area (Å²) in [5.74, 6) is 0. The summed E-state index contributed by atoms with van der Waals surface area (Å²) in [6.45, 7) is 7.07. The quantitative estimate of drug-likeness (QED) is 0.206. The Balaban J connectivity index is 1.15. The number of rotatable bonds is 11. The van der Waals surface area contributed by atoms with Gasteiger partial charge in [-0.1, -0.05) is 60.7 Å². The van der Waals surface area contributed by atoms with Gasteiger partial charge in [0, 0.05) is 44.4 Å². The second-order valence-electron chi connectivity index (χ2n) is 10.7. The summed E-state index contributed by atoms with van der Waals surface area (Å²) in [5, 5.41) is 10.9. The molecule has 1 saturated heterocycles. The Morgan fingerprint density at radius 1 is 1.12 bits per heavy atom. The number of ether oxygens (including phenoxy) is 1. The summed E-state index contributed by atoms with van der Waals surface area (Å²) < 4.78 is 5.58. The Morgan fingerprint density at radius 3 is 2.56 bits per heavy atom. The molecule has 0 saturated carbocycles. The van der Waals surface area contributed by atoms with Crippen molar-refractivity contribution in [3.63, 3.8) is 0 Å². The van der Waals surface area contributed by atoms with Crippen LogP contribution in [-0.4, -0.2) is 76.4 Å². The maximum absolute atomic E-state index is 13.0. The van der Waals surface area contributed by atoms with Crippen LogP contribution < -0.4 is 0 Å². The molecule has 2 aromatic rings. The van der Waals surface area contributed by atoms with Crippen LogP contribution in [0.25, 0.3) is 0 Å². The molecule has 1 fully saturated rings. The first-order chi connectivity index (χ1) is 20.0. The number of fused-ring (bicyclic) bond motifs is 1. The molecule has 2 aliphatic heterocycles. The first kappa shape index (κ1) is 28.3. The molecule has 0 bridgehead atoms. The zero-order valence-electron chi connectivity index (χ0n) is 23.2. The average Bonchev–Trinajstić information content (AvgIpc) is 3.44. The number of piperidine rings is 1. The van der Waals surface area contributed by atoms with E-state index in [4.69, 9.17) is 9.73 Å². The summed E-state index contributed by atoms with van der Waals surface area (Å²) in [4.78, 5) is 34.8. The molecule has 0 radical (unpaired) electrons. The number of allylic oxidation sites excluding steroid dienone is 2. The lowest BCUT2D eigenvalue weighted by Crippen LogP contribution is -2.48. The molecule has 9 nitrogen and oxygen atoms in total. The highest BCUT2D eigenvalue weighted by Crippen LogP contribution is 2.32. The van der Waals surface area contributed by atoms with E-state index in [-0.39, 0.29) is 42.6 Å². The zero-order chi connectivity index (χ0) is 28.6. The molecular formula is C32H37N5O4. The molecule has 2 aromatic carbocycles. The molecule has 0 aromatic heterocycles. The number of amides is 1. The Bertz CT molecular complexity index is 1280. The minimum Gasteiger partial charge on any atom is -0.445 e. The molecule has 2 heterocycles. The van der Waals surface area contributed by atoms with Gasteiger partial charge < -0.3 is 19.4 Å². The first-order valence-electron chi connectivity index (χ1n) is 14.2. The smallest absolute Gasteiger partial charge is 0.410 e. The number of hydrogen-bond acceptors (Lipinski definition) is 7. The largest absolute Gasteiger partial charge is 0.445 e. The Morgan fingerprint density at radius 2 is 1.85 bits per heavy atom. The molecule has 0 N–H and O–H groups in total. The van der Waals surface area contributed by atoms with E-state index in [9.17, 15) is 14.9 Å². The number of aliphatic imine (C=N–C) groups is 1. The normalized spacial score (nSPS) is 20.9. The van der Waals surface area contributed by atoms with Crippen molar-refractivity contribution in [3.8, 4) is 0 Å². The van der Waals surface area contributed by atoms with Gasteiger partial charge in [-0.25, -0.2) is 4.79 Å². The van der Waals surface area contributed by atoms with E-state index in [1.165, 1.54) is 17.7 Å². The van der Waals surface area contributed by atoms with E-state index in [0.29, 0.717) is 12.1 Å². The number of nitro groups is 1. The maximum Gasteiger partial charge on any atom is 0.410 e. The number of nitro benzene ring substituents is 1. The van der Waals surface area contributed by atoms with Gasteiger partial charge in [0.1, 0.15) is 6.61 Å². The molecule has 214 valence electrons. The highest BCUT2D eigenvalue weighted by atomic mass is 16.6. The summed E-state index contributed by atoms with van der Waals surface area (Å²) in [6, 6.07) is 17.5. The topological polar surface area (TPSA) is 91.5 Å². The van der Waals surface area contributed by atoms with Crippen LogP contribution in [0.15, 0.2) is 96.5 Å². The van der Waals surface area contributed by atoms with Crippen molar-refractivity contribution in [3.05, 3.63) is 113 Å². The van der Waals surface area contributed by atoms with Crippen LogP contribution in [0.5, 0.6) is 0 Å². The lowest BCUT2D eigenvalue weighted by Gasteiger charge is -2.39. The van der Waals surface area contributed by atoms with E-state index < -0.39 is 4.92 Å². The molecule has 0 spiro atoms. The summed E-state index contributed by atoms with van der Waals surface area (Å²) in [5.41, 5.74) is 2.01. The minimum atomic E-state index is -0.447. The van der Waals surface area contributed by atoms with Gasteiger partial charge in [0.2, 0.25) is 0 Å². The van der Waals surface area contributed by atoms with Gasteiger partial charge >= 0.3 is 6.09 Å². The van der Waals surface area contributed by atoms with E-state index in [2.05, 4.69) is 71.0 Å². The van der Waals surface area contributed by atoms with Gasteiger partial charge in [0.05, 0.1) is 29.4 Å². The maximum atomic E-state index is 13.0. The van der Waals surface area contributed by atoms with E-state index in [1.54, 1.807) is 23.1 Å². The molecule has 3 aliphatic rings. The van der Waals surface area contributed by atoms with E-state index in [0.717, 1.165) is 38.9 Å². The number of non-ortho nitro benzene ring substituents is 1. The average molecular weight is 556 g/mol. The van der Waals surface area contributed by atoms with Gasteiger partial charge in [-0.05, 0) is 42.5 Å². The number of carbonyl (C=O) groups is 1. The zero-order valence-corrected chi connectivity index (χ0v) is 23.2. The van der Waals surface area contributed by atoms with Crippen LogP contribution in [-0.2, 0) is 11.3 Å². The molecule has 1 aliphatic carbocycles. The molecule has 5 rings (SSSR count). The fourth-order valence-corrected chi connectivity index (χ4v) is 5.89. The summed E-state index contributed by atoms with van der Waals surface area (Å²) in [7, 11) is 0. The van der Waals surface area contributed by atoms with Gasteiger partial charge in [0.25, 0.3) is 5.69 Å². The lowest BCUT2D eigenvalue weighted by molar-refractivity contribution is -0.384. The van der Waals surface area contributed by atoms with Gasteiger partial charge in [-0.2, -0.15) is 0 Å². The van der Waals surface area contributed by atoms with Gasteiger partial charge in [-0.3, -0.25) is 15.1 Å². The monoisotopic (exact) mass is 555 g/mol. The molecule has 3 atom stereocenters. The van der Waals surface area contributed by atoms with E-state index in [1.807, 2.05) is 6.34 Å². The van der Waals surface area contributed by atoms with Gasteiger partial charge in [-0.15, -0.1) is 6.58 Å². The van der Waals surface area contributed by atoms with Crippen molar-refractivity contribution in [1.29, 1.82) is 0 Å². The fraction of sp³-hybridized carbons (Fsp3) is 0.375. The number of nitrogens with zero attached hydrogens (tertiary/aromatic N) is 5. The van der Waals surface area contributed by atoms with Crippen LogP contribution >= 0.6 is 0 Å². The van der Waals surface area contributed by atoms with Crippen molar-refractivity contribution < 1.29 is 14.5 Å². The van der Waals surface area contributed by atoms with Gasteiger partial charge in [0.15, 0.2) is 0 Å². The second kappa shape index (κ2) is 13.4. The standard InChI is InChI=1S/C32H37N5O4/c1-2-19-35(32(38)41-23-25-12-14-28(15-13-25)37(39)40)27-16-20-34(21-17-27)22-18-30(26-8-4-3-5-9-26)36-24-33-29-10-6-7-11-31(29)36/h2-15,24,27,29-31H,1,16-23H2. The molecule has 41 heavy (non-hydrogen) atoms. The molecule has 9 heteroatoms. The van der Waals surface area contributed by atoms with Crippen LogP contribution in [0.3, 0.4) is 0 Å². The highest BCUT2D eigenvalue weighted by molar-refractivity contribution is 5.68. The predicted octanol–water partition coefficient (Wildman–Crippen LogP) is 5.52.